The van der Waals surface area contributed by atoms with Crippen molar-refractivity contribution in [3.63, 3.8) is 0 Å². The molecule has 1 heterocycles. The summed E-state index contributed by atoms with van der Waals surface area (Å²) in [4.78, 5) is 13.3. The van der Waals surface area contributed by atoms with Crippen LogP contribution < -0.4 is 0 Å². The van der Waals surface area contributed by atoms with Gasteiger partial charge >= 0.3 is 6.09 Å². The fourth-order valence-corrected chi connectivity index (χ4v) is 2.31. The first-order valence-corrected chi connectivity index (χ1v) is 8.66. The number of carbonyl (C=O) groups excluding carboxylic acids is 1. The molecule has 100 valence electrons. The Kier molecular flexibility index (Phi) is 5.78. The predicted octanol–water partition coefficient (Wildman–Crippen LogP) is 3.35. The lowest BCUT2D eigenvalue weighted by Crippen LogP contribution is -2.41. The van der Waals surface area contributed by atoms with Crippen molar-refractivity contribution in [2.45, 2.75) is 45.0 Å². The van der Waals surface area contributed by atoms with Gasteiger partial charge in [-0.1, -0.05) is 0 Å². The maximum atomic E-state index is 13.3. The third-order valence-corrected chi connectivity index (χ3v) is 3.28. The highest BCUT2D eigenvalue weighted by Crippen LogP contribution is 2.25. The van der Waals surface area contributed by atoms with Crippen LogP contribution in [0.25, 0.3) is 0 Å². The first-order valence-electron chi connectivity index (χ1n) is 5.37. The largest absolute Gasteiger partial charge is 0.444 e. The average molecular weight is 377 g/mol. The Morgan fingerprint density at radius 3 is 2.76 bits per heavy atom. The second kappa shape index (κ2) is 6.42. The fourth-order valence-electron chi connectivity index (χ4n) is 1.67. The zero-order valence-corrected chi connectivity index (χ0v) is 13.1. The normalized spacial score (nSPS) is 25.1. The maximum absolute atomic E-state index is 13.3. The number of alkyl halides is 1. The van der Waals surface area contributed by atoms with E-state index in [1.54, 1.807) is 20.8 Å². The summed E-state index contributed by atoms with van der Waals surface area (Å²) in [6, 6.07) is -0.234. The van der Waals surface area contributed by atoms with Crippen LogP contribution in [0.2, 0.25) is 0 Å². The summed E-state index contributed by atoms with van der Waals surface area (Å²) >= 11 is 1.99. The maximum Gasteiger partial charge on any atom is 0.410 e. The number of rotatable bonds is 3. The van der Waals surface area contributed by atoms with Crippen LogP contribution in [0.5, 0.6) is 0 Å². The minimum Gasteiger partial charge on any atom is -0.444 e. The van der Waals surface area contributed by atoms with Gasteiger partial charge in [-0.15, -0.1) is 0 Å². The van der Waals surface area contributed by atoms with Gasteiger partial charge in [0.15, 0.2) is 0 Å². The highest BCUT2D eigenvalue weighted by Gasteiger charge is 2.37. The van der Waals surface area contributed by atoms with E-state index in [0.717, 1.165) is 0 Å². The van der Waals surface area contributed by atoms with Crippen molar-refractivity contribution in [1.82, 2.24) is 4.90 Å². The Morgan fingerprint density at radius 1 is 1.59 bits per heavy atom. The van der Waals surface area contributed by atoms with Crippen LogP contribution in [0, 0.1) is 0 Å². The van der Waals surface area contributed by atoms with E-state index in [2.05, 4.69) is 0 Å². The van der Waals surface area contributed by atoms with Crippen LogP contribution in [-0.4, -0.2) is 42.0 Å². The van der Waals surface area contributed by atoms with E-state index in [1.165, 1.54) is 14.1 Å². The van der Waals surface area contributed by atoms with E-state index in [-0.39, 0.29) is 12.6 Å². The Balaban J connectivity index is 2.57. The number of halogens is 2. The van der Waals surface area contributed by atoms with Crippen molar-refractivity contribution in [3.05, 3.63) is 0 Å². The fraction of sp³-hybridized carbons (Fsp3) is 0.900. The Bertz CT molecular complexity index is 275. The van der Waals surface area contributed by atoms with Gasteiger partial charge in [0, 0.05) is 27.6 Å². The van der Waals surface area contributed by atoms with E-state index in [9.17, 15) is 9.18 Å². The van der Waals surface area contributed by atoms with Gasteiger partial charge in [-0.05, 0) is 20.8 Å². The summed E-state index contributed by atoms with van der Waals surface area (Å²) < 4.78 is 23.7. The number of carbonyl (C=O) groups is 1. The molecular weight excluding hydrogens is 360 g/mol. The van der Waals surface area contributed by atoms with Gasteiger partial charge in [-0.2, -0.15) is 0 Å². The predicted molar refractivity (Wildman–Crippen MR) is 73.8 cm³/mol. The van der Waals surface area contributed by atoms with Gasteiger partial charge in [0.2, 0.25) is 0 Å². The molecular formula is C10H17FINO3S. The lowest BCUT2D eigenvalue weighted by atomic mass is 10.2. The van der Waals surface area contributed by atoms with Gasteiger partial charge in [-0.25, -0.2) is 9.18 Å². The molecule has 7 heteroatoms. The summed E-state index contributed by atoms with van der Waals surface area (Å²) in [5, 5.41) is 0. The standard InChI is InChI=1S/C10H17FINO3S/c1-10(2,3)16-9(14)13-5-7(11)4-8(13)6-15-17-12/h7-8H,4-6H2,1-3H3/t7?,8-/m0/s1. The smallest absolute Gasteiger partial charge is 0.410 e. The van der Waals surface area contributed by atoms with Crippen LogP contribution >= 0.6 is 30.4 Å². The molecule has 17 heavy (non-hydrogen) atoms. The summed E-state index contributed by atoms with van der Waals surface area (Å²) in [6.45, 7) is 5.79. The van der Waals surface area contributed by atoms with Crippen molar-refractivity contribution >= 4 is 36.5 Å². The summed E-state index contributed by atoms with van der Waals surface area (Å²) in [5.41, 5.74) is -0.561. The zero-order chi connectivity index (χ0) is 13.1. The zero-order valence-electron chi connectivity index (χ0n) is 10.1. The molecule has 1 aliphatic heterocycles. The first-order chi connectivity index (χ1) is 7.83. The van der Waals surface area contributed by atoms with Gasteiger partial charge in [-0.3, -0.25) is 4.90 Å². The monoisotopic (exact) mass is 377 g/mol. The lowest BCUT2D eigenvalue weighted by molar-refractivity contribution is 0.0188. The van der Waals surface area contributed by atoms with Crippen molar-refractivity contribution in [2.24, 2.45) is 0 Å². The topological polar surface area (TPSA) is 38.8 Å². The number of nitrogens with zero attached hydrogens (tertiary/aromatic N) is 1. The molecule has 0 bridgehead atoms. The van der Waals surface area contributed by atoms with Gasteiger partial charge < -0.3 is 8.92 Å². The third-order valence-electron chi connectivity index (χ3n) is 2.30. The molecule has 0 aliphatic carbocycles. The molecule has 1 fully saturated rings. The highest BCUT2D eigenvalue weighted by molar-refractivity contribution is 14.2. The molecule has 0 aromatic heterocycles. The van der Waals surface area contributed by atoms with Gasteiger partial charge in [0.05, 0.1) is 28.4 Å². The van der Waals surface area contributed by atoms with Crippen LogP contribution in [0.15, 0.2) is 0 Å². The Hall–Kier alpha value is 0.240. The van der Waals surface area contributed by atoms with E-state index in [0.29, 0.717) is 13.0 Å². The molecule has 0 aromatic carbocycles. The minimum absolute atomic E-state index is 0.0921. The molecule has 0 spiro atoms. The summed E-state index contributed by atoms with van der Waals surface area (Å²) in [6.07, 6.45) is -1.14. The van der Waals surface area contributed by atoms with Crippen molar-refractivity contribution < 1.29 is 18.1 Å². The summed E-state index contributed by atoms with van der Waals surface area (Å²) in [7, 11) is 1.19. The molecule has 0 saturated carbocycles. The minimum atomic E-state index is -0.990. The first kappa shape index (κ1) is 15.3. The van der Waals surface area contributed by atoms with Crippen molar-refractivity contribution in [1.29, 1.82) is 0 Å². The Labute approximate surface area is 117 Å². The van der Waals surface area contributed by atoms with Crippen molar-refractivity contribution in [3.8, 4) is 0 Å². The van der Waals surface area contributed by atoms with E-state index < -0.39 is 17.9 Å². The molecule has 1 saturated heterocycles. The third kappa shape index (κ3) is 5.17. The molecule has 1 aliphatic rings. The molecule has 1 rings (SSSR count). The summed E-state index contributed by atoms with van der Waals surface area (Å²) in [5.74, 6) is 0. The molecule has 1 unspecified atom stereocenters. The van der Waals surface area contributed by atoms with Crippen LogP contribution in [0.4, 0.5) is 9.18 Å². The SMILES string of the molecule is CC(C)(C)OC(=O)N1CC(F)C[C@H]1COSI. The molecule has 2 atom stereocenters. The van der Waals surface area contributed by atoms with Crippen LogP contribution in [-0.2, 0) is 8.92 Å². The second-order valence-corrected chi connectivity index (χ2v) is 6.41. The van der Waals surface area contributed by atoms with E-state index >= 15 is 0 Å². The van der Waals surface area contributed by atoms with Gasteiger partial charge in [0.1, 0.15) is 11.8 Å². The molecule has 0 aromatic rings. The number of likely N-dealkylation sites (tertiary alicyclic amines) is 1. The van der Waals surface area contributed by atoms with Crippen LogP contribution in [0.3, 0.4) is 0 Å². The molecule has 0 N–H and O–H groups in total. The molecule has 0 radical (unpaired) electrons. The van der Waals surface area contributed by atoms with E-state index in [4.69, 9.17) is 8.92 Å². The molecule has 1 amide bonds. The lowest BCUT2D eigenvalue weighted by Gasteiger charge is -2.27. The van der Waals surface area contributed by atoms with Crippen LogP contribution in [0.1, 0.15) is 27.2 Å². The highest BCUT2D eigenvalue weighted by atomic mass is 127. The quantitative estimate of drug-likeness (QED) is 0.559. The number of hydrogen-bond donors (Lipinski definition) is 0. The second-order valence-electron chi connectivity index (χ2n) is 4.97. The number of amides is 1. The van der Waals surface area contributed by atoms with E-state index in [1.807, 2.05) is 21.2 Å². The number of hydrogen-bond acceptors (Lipinski definition) is 4. The average Bonchev–Trinajstić information content (AvgIpc) is 2.54. The number of ether oxygens (including phenoxy) is 1. The molecule has 4 nitrogen and oxygen atoms in total. The Morgan fingerprint density at radius 2 is 2.24 bits per heavy atom. The van der Waals surface area contributed by atoms with Crippen molar-refractivity contribution in [2.75, 3.05) is 13.2 Å². The van der Waals surface area contributed by atoms with Gasteiger partial charge in [0.25, 0.3) is 0 Å².